The molecule has 0 radical (unpaired) electrons. The van der Waals surface area contributed by atoms with Crippen molar-refractivity contribution in [1.29, 1.82) is 0 Å². The number of hydrogen-bond donors (Lipinski definition) is 2. The largest absolute Gasteiger partial charge is 0.358 e. The highest BCUT2D eigenvalue weighted by Crippen LogP contribution is 2.25. The highest BCUT2D eigenvalue weighted by Gasteiger charge is 2.08. The number of nitrogens with zero attached hydrogens (tertiary/aromatic N) is 2. The minimum absolute atomic E-state index is 0.0881. The van der Waals surface area contributed by atoms with Crippen LogP contribution >= 0.6 is 0 Å². The molecule has 0 saturated heterocycles. The van der Waals surface area contributed by atoms with Crippen molar-refractivity contribution in [2.45, 2.75) is 26.7 Å². The van der Waals surface area contributed by atoms with Crippen molar-refractivity contribution in [2.75, 3.05) is 5.32 Å². The molecular weight excluding hydrogens is 276 g/mol. The zero-order valence-electron chi connectivity index (χ0n) is 13.3. The van der Waals surface area contributed by atoms with Gasteiger partial charge in [-0.2, -0.15) is 5.10 Å². The van der Waals surface area contributed by atoms with Gasteiger partial charge in [0.1, 0.15) is 0 Å². The van der Waals surface area contributed by atoms with Crippen molar-refractivity contribution in [2.24, 2.45) is 7.05 Å². The van der Waals surface area contributed by atoms with Crippen LogP contribution in [0.4, 0.5) is 11.4 Å². The summed E-state index contributed by atoms with van der Waals surface area (Å²) in [5.41, 5.74) is 4.60. The summed E-state index contributed by atoms with van der Waals surface area (Å²) in [6.07, 6.45) is 1.68. The maximum Gasteiger partial charge on any atom is 0.271 e. The van der Waals surface area contributed by atoms with Crippen molar-refractivity contribution in [3.63, 3.8) is 0 Å². The molecule has 0 fully saturated rings. The minimum Gasteiger partial charge on any atom is -0.358 e. The molecule has 1 aromatic carbocycles. The molecule has 2 N–H and O–H groups in total. The zero-order valence-corrected chi connectivity index (χ0v) is 13.3. The Morgan fingerprint density at radius 1 is 1.27 bits per heavy atom. The van der Waals surface area contributed by atoms with E-state index in [4.69, 9.17) is 0 Å². The van der Waals surface area contributed by atoms with E-state index in [2.05, 4.69) is 41.4 Å². The van der Waals surface area contributed by atoms with Gasteiger partial charge in [-0.05, 0) is 37.1 Å². The normalized spacial score (nSPS) is 11.3. The lowest BCUT2D eigenvalue weighted by Crippen LogP contribution is -2.22. The fraction of sp³-hybridized carbons (Fsp3) is 0.294. The molecule has 0 aliphatic rings. The summed E-state index contributed by atoms with van der Waals surface area (Å²) in [5.74, 6) is 0.465. The van der Waals surface area contributed by atoms with Crippen LogP contribution in [-0.2, 0) is 7.05 Å². The third kappa shape index (κ3) is 2.50. The lowest BCUT2D eigenvalue weighted by molar-refractivity contribution is 0.702. The second-order valence-electron chi connectivity index (χ2n) is 5.92. The van der Waals surface area contributed by atoms with Crippen LogP contribution in [0.25, 0.3) is 10.9 Å². The van der Waals surface area contributed by atoms with Gasteiger partial charge < -0.3 is 10.3 Å². The summed E-state index contributed by atoms with van der Waals surface area (Å²) in [7, 11) is 1.65. The van der Waals surface area contributed by atoms with Gasteiger partial charge >= 0.3 is 0 Å². The standard InChI is InChI=1S/C17H20N4O/c1-10(2)15-8-12-7-13(5-6-14(12)20-15)19-16-9-18-21(4)17(22)11(16)3/h5-10,19-20H,1-4H3. The Kier molecular flexibility index (Phi) is 3.48. The first-order valence-corrected chi connectivity index (χ1v) is 7.38. The second-order valence-corrected chi connectivity index (χ2v) is 5.92. The smallest absolute Gasteiger partial charge is 0.271 e. The van der Waals surface area contributed by atoms with Crippen molar-refractivity contribution in [3.05, 3.63) is 52.1 Å². The van der Waals surface area contributed by atoms with Crippen molar-refractivity contribution in [3.8, 4) is 0 Å². The Labute approximate surface area is 129 Å². The molecular formula is C17H20N4O. The van der Waals surface area contributed by atoms with Gasteiger partial charge in [0.15, 0.2) is 0 Å². The number of aryl methyl sites for hydroxylation is 1. The zero-order chi connectivity index (χ0) is 15.9. The number of benzene rings is 1. The first-order valence-electron chi connectivity index (χ1n) is 7.38. The highest BCUT2D eigenvalue weighted by atomic mass is 16.1. The molecule has 2 heterocycles. The second kappa shape index (κ2) is 5.33. The fourth-order valence-electron chi connectivity index (χ4n) is 2.48. The van der Waals surface area contributed by atoms with Crippen LogP contribution in [0.5, 0.6) is 0 Å². The molecule has 0 aliphatic heterocycles. The number of H-pyrrole nitrogens is 1. The van der Waals surface area contributed by atoms with Crippen LogP contribution in [0.3, 0.4) is 0 Å². The average molecular weight is 296 g/mol. The third-order valence-electron chi connectivity index (χ3n) is 3.92. The van der Waals surface area contributed by atoms with Gasteiger partial charge in [-0.1, -0.05) is 13.8 Å². The number of anilines is 2. The molecule has 0 amide bonds. The topological polar surface area (TPSA) is 62.7 Å². The van der Waals surface area contributed by atoms with E-state index in [0.29, 0.717) is 11.5 Å². The number of hydrogen-bond acceptors (Lipinski definition) is 3. The lowest BCUT2D eigenvalue weighted by Gasteiger charge is -2.09. The number of fused-ring (bicyclic) bond motifs is 1. The summed E-state index contributed by atoms with van der Waals surface area (Å²) in [6.45, 7) is 6.13. The molecule has 3 aromatic rings. The molecule has 0 unspecified atom stereocenters. The quantitative estimate of drug-likeness (QED) is 0.778. The molecule has 5 heteroatoms. The summed E-state index contributed by atoms with van der Waals surface area (Å²) >= 11 is 0. The maximum atomic E-state index is 11.9. The molecule has 0 bridgehead atoms. The predicted octanol–water partition coefficient (Wildman–Crippen LogP) is 3.44. The van der Waals surface area contributed by atoms with Crippen LogP contribution < -0.4 is 10.9 Å². The molecule has 2 aromatic heterocycles. The summed E-state index contributed by atoms with van der Waals surface area (Å²) in [4.78, 5) is 15.3. The van der Waals surface area contributed by atoms with E-state index in [1.165, 1.54) is 10.4 Å². The molecule has 0 saturated carbocycles. The minimum atomic E-state index is -0.0881. The van der Waals surface area contributed by atoms with E-state index in [1.807, 2.05) is 12.1 Å². The van der Waals surface area contributed by atoms with Gasteiger partial charge in [-0.3, -0.25) is 4.79 Å². The van der Waals surface area contributed by atoms with Crippen molar-refractivity contribution < 1.29 is 0 Å². The third-order valence-corrected chi connectivity index (χ3v) is 3.92. The summed E-state index contributed by atoms with van der Waals surface area (Å²) in [6, 6.07) is 8.29. The van der Waals surface area contributed by atoms with E-state index in [9.17, 15) is 4.79 Å². The Morgan fingerprint density at radius 2 is 2.05 bits per heavy atom. The van der Waals surface area contributed by atoms with Crippen LogP contribution in [0, 0.1) is 6.92 Å². The van der Waals surface area contributed by atoms with Crippen LogP contribution in [0.2, 0.25) is 0 Å². The molecule has 0 aliphatic carbocycles. The van der Waals surface area contributed by atoms with Crippen LogP contribution in [0.15, 0.2) is 35.3 Å². The first kappa shape index (κ1) is 14.4. The number of nitrogens with one attached hydrogen (secondary N) is 2. The predicted molar refractivity (Wildman–Crippen MR) is 89.9 cm³/mol. The van der Waals surface area contributed by atoms with Crippen LogP contribution in [-0.4, -0.2) is 14.8 Å². The molecule has 0 spiro atoms. The van der Waals surface area contributed by atoms with Gasteiger partial charge in [0, 0.05) is 34.9 Å². The Morgan fingerprint density at radius 3 is 2.77 bits per heavy atom. The number of rotatable bonds is 3. The Balaban J connectivity index is 1.97. The summed E-state index contributed by atoms with van der Waals surface area (Å²) < 4.78 is 1.34. The lowest BCUT2D eigenvalue weighted by atomic mass is 10.1. The van der Waals surface area contributed by atoms with Crippen molar-refractivity contribution >= 4 is 22.3 Å². The summed E-state index contributed by atoms with van der Waals surface area (Å²) in [5, 5.41) is 8.50. The van der Waals surface area contributed by atoms with E-state index in [1.54, 1.807) is 20.2 Å². The fourth-order valence-corrected chi connectivity index (χ4v) is 2.48. The average Bonchev–Trinajstić information content (AvgIpc) is 2.91. The van der Waals surface area contributed by atoms with Crippen LogP contribution in [0.1, 0.15) is 31.0 Å². The highest BCUT2D eigenvalue weighted by molar-refractivity contribution is 5.85. The van der Waals surface area contributed by atoms with Gasteiger partial charge in [-0.25, -0.2) is 4.68 Å². The van der Waals surface area contributed by atoms with Gasteiger partial charge in [0.05, 0.1) is 11.9 Å². The van der Waals surface area contributed by atoms with Gasteiger partial charge in [0.25, 0.3) is 5.56 Å². The first-order chi connectivity index (χ1) is 10.5. The molecule has 114 valence electrons. The monoisotopic (exact) mass is 296 g/mol. The van der Waals surface area contributed by atoms with Gasteiger partial charge in [-0.15, -0.1) is 0 Å². The molecule has 22 heavy (non-hydrogen) atoms. The van der Waals surface area contributed by atoms with E-state index in [0.717, 1.165) is 22.3 Å². The Bertz CT molecular complexity index is 889. The Hall–Kier alpha value is -2.56. The molecule has 3 rings (SSSR count). The van der Waals surface area contributed by atoms with E-state index >= 15 is 0 Å². The maximum absolute atomic E-state index is 11.9. The van der Waals surface area contributed by atoms with Crippen molar-refractivity contribution in [1.82, 2.24) is 14.8 Å². The number of aromatic nitrogens is 3. The number of aromatic amines is 1. The van der Waals surface area contributed by atoms with E-state index < -0.39 is 0 Å². The molecule has 5 nitrogen and oxygen atoms in total. The SMILES string of the molecule is Cc1c(Nc2ccc3[nH]c(C(C)C)cc3c2)cnn(C)c1=O. The van der Waals surface area contributed by atoms with E-state index in [-0.39, 0.29) is 5.56 Å². The van der Waals surface area contributed by atoms with Gasteiger partial charge in [0.2, 0.25) is 0 Å². The molecule has 0 atom stereocenters.